The topological polar surface area (TPSA) is 89.7 Å². The normalized spacial score (nSPS) is 11.7. The Labute approximate surface area is 140 Å². The van der Waals surface area contributed by atoms with Gasteiger partial charge in [-0.15, -0.1) is 0 Å². The number of unbranched alkanes of at least 4 members (excludes halogenated alkanes) is 1. The van der Waals surface area contributed by atoms with Crippen LogP contribution in [0.1, 0.15) is 30.8 Å². The number of H-pyrrole nitrogens is 1. The maximum Gasteiger partial charge on any atom is 0.389 e. The Morgan fingerprint density at radius 1 is 1.36 bits per heavy atom. The fraction of sp³-hybridized carbons (Fsp3) is 0.467. The van der Waals surface area contributed by atoms with Crippen molar-refractivity contribution in [2.45, 2.75) is 39.3 Å². The number of rotatable bonds is 6. The SMILES string of the molecule is Cc1cc(CCCCn2c(=O)c3[nH]c[n+](C(F)F)c3n(C)c2=O)on1. The molecule has 1 N–H and O–H groups in total. The molecule has 3 aromatic rings. The zero-order chi connectivity index (χ0) is 18.1. The lowest BCUT2D eigenvalue weighted by atomic mass is 10.2. The van der Waals surface area contributed by atoms with Gasteiger partial charge in [-0.05, 0) is 19.8 Å². The van der Waals surface area contributed by atoms with Crippen molar-refractivity contribution in [1.29, 1.82) is 0 Å². The van der Waals surface area contributed by atoms with Crippen molar-refractivity contribution in [1.82, 2.24) is 19.3 Å². The van der Waals surface area contributed by atoms with Gasteiger partial charge < -0.3 is 4.52 Å². The summed E-state index contributed by atoms with van der Waals surface area (Å²) in [6.07, 6.45) is 2.90. The molecular weight excluding hydrogens is 336 g/mol. The number of aromatic nitrogens is 5. The lowest BCUT2D eigenvalue weighted by Gasteiger charge is -2.05. The molecule has 10 heteroatoms. The molecule has 0 fully saturated rings. The van der Waals surface area contributed by atoms with Gasteiger partial charge >= 0.3 is 17.8 Å². The molecule has 0 bridgehead atoms. The van der Waals surface area contributed by atoms with Crippen LogP contribution < -0.4 is 15.8 Å². The van der Waals surface area contributed by atoms with E-state index in [1.54, 1.807) is 0 Å². The van der Waals surface area contributed by atoms with Crippen LogP contribution in [0.5, 0.6) is 0 Å². The molecule has 0 spiro atoms. The molecule has 0 saturated carbocycles. The Morgan fingerprint density at radius 3 is 2.76 bits per heavy atom. The molecule has 3 aromatic heterocycles. The fourth-order valence-electron chi connectivity index (χ4n) is 2.83. The molecular formula is C15H18F2N5O3+. The Bertz CT molecular complexity index is 1010. The highest BCUT2D eigenvalue weighted by molar-refractivity contribution is 5.65. The van der Waals surface area contributed by atoms with E-state index in [2.05, 4.69) is 10.1 Å². The summed E-state index contributed by atoms with van der Waals surface area (Å²) in [5.74, 6) is 0.746. The third-order valence-electron chi connectivity index (χ3n) is 4.05. The number of hydrogen-bond donors (Lipinski definition) is 1. The zero-order valence-corrected chi connectivity index (χ0v) is 13.8. The number of nitrogens with one attached hydrogen (secondary N) is 1. The highest BCUT2D eigenvalue weighted by atomic mass is 19.3. The highest BCUT2D eigenvalue weighted by Crippen LogP contribution is 2.08. The highest BCUT2D eigenvalue weighted by Gasteiger charge is 2.25. The summed E-state index contributed by atoms with van der Waals surface area (Å²) >= 11 is 0. The van der Waals surface area contributed by atoms with Gasteiger partial charge in [0.05, 0.1) is 12.7 Å². The first-order valence-corrected chi connectivity index (χ1v) is 7.82. The zero-order valence-electron chi connectivity index (χ0n) is 13.8. The molecule has 0 aliphatic rings. The number of fused-ring (bicyclic) bond motifs is 1. The number of alkyl halides is 2. The van der Waals surface area contributed by atoms with Crippen LogP contribution in [0.25, 0.3) is 11.2 Å². The average molecular weight is 354 g/mol. The maximum absolute atomic E-state index is 13.0. The summed E-state index contributed by atoms with van der Waals surface area (Å²) in [5, 5.41) is 3.79. The van der Waals surface area contributed by atoms with E-state index in [1.807, 2.05) is 13.0 Å². The first kappa shape index (κ1) is 17.1. The smallest absolute Gasteiger partial charge is 0.361 e. The van der Waals surface area contributed by atoms with Gasteiger partial charge in [0.25, 0.3) is 5.65 Å². The second-order valence-corrected chi connectivity index (χ2v) is 5.85. The first-order valence-electron chi connectivity index (χ1n) is 7.82. The molecule has 3 heterocycles. The van der Waals surface area contributed by atoms with Crippen LogP contribution >= 0.6 is 0 Å². The number of halogens is 2. The van der Waals surface area contributed by atoms with Crippen molar-refractivity contribution in [3.05, 3.63) is 44.7 Å². The Morgan fingerprint density at radius 2 is 2.12 bits per heavy atom. The van der Waals surface area contributed by atoms with Crippen LogP contribution in [-0.4, -0.2) is 19.3 Å². The van der Waals surface area contributed by atoms with Gasteiger partial charge in [-0.2, -0.15) is 13.3 Å². The third-order valence-corrected chi connectivity index (χ3v) is 4.05. The van der Waals surface area contributed by atoms with Crippen molar-refractivity contribution >= 4 is 11.2 Å². The summed E-state index contributed by atoms with van der Waals surface area (Å²) in [6.45, 7) is -0.824. The van der Waals surface area contributed by atoms with Crippen LogP contribution in [0.4, 0.5) is 8.78 Å². The van der Waals surface area contributed by atoms with E-state index in [4.69, 9.17) is 4.52 Å². The third kappa shape index (κ3) is 3.11. The Balaban J connectivity index is 1.82. The van der Waals surface area contributed by atoms with Crippen molar-refractivity contribution in [3.63, 3.8) is 0 Å². The Kier molecular flexibility index (Phi) is 4.51. The van der Waals surface area contributed by atoms with E-state index in [-0.39, 0.29) is 17.7 Å². The molecule has 0 aliphatic carbocycles. The van der Waals surface area contributed by atoms with Gasteiger partial charge in [0.1, 0.15) is 5.76 Å². The second-order valence-electron chi connectivity index (χ2n) is 5.85. The minimum Gasteiger partial charge on any atom is -0.361 e. The Hall–Kier alpha value is -2.78. The van der Waals surface area contributed by atoms with Gasteiger partial charge in [-0.1, -0.05) is 5.16 Å². The quantitative estimate of drug-likeness (QED) is 0.529. The summed E-state index contributed by atoms with van der Waals surface area (Å²) in [5.41, 5.74) is -0.578. The van der Waals surface area contributed by atoms with Crippen LogP contribution in [0.15, 0.2) is 26.5 Å². The second kappa shape index (κ2) is 6.61. The molecule has 0 unspecified atom stereocenters. The number of aryl methyl sites for hydroxylation is 3. The number of imidazole rings is 1. The molecule has 0 radical (unpaired) electrons. The van der Waals surface area contributed by atoms with E-state index >= 15 is 0 Å². The molecule has 8 nitrogen and oxygen atoms in total. The van der Waals surface area contributed by atoms with Gasteiger partial charge in [-0.3, -0.25) is 9.78 Å². The first-order chi connectivity index (χ1) is 11.9. The van der Waals surface area contributed by atoms with E-state index in [1.165, 1.54) is 7.05 Å². The van der Waals surface area contributed by atoms with E-state index in [0.29, 0.717) is 23.8 Å². The van der Waals surface area contributed by atoms with Gasteiger partial charge in [0.2, 0.25) is 5.52 Å². The minimum absolute atomic E-state index is 0.0201. The number of hydrogen-bond acceptors (Lipinski definition) is 4. The van der Waals surface area contributed by atoms with E-state index < -0.39 is 17.8 Å². The number of nitrogens with zero attached hydrogens (tertiary/aromatic N) is 4. The lowest BCUT2D eigenvalue weighted by Crippen LogP contribution is -2.44. The molecule has 0 amide bonds. The molecule has 0 saturated heterocycles. The summed E-state index contributed by atoms with van der Waals surface area (Å²) in [4.78, 5) is 27.3. The monoisotopic (exact) mass is 354 g/mol. The van der Waals surface area contributed by atoms with Crippen LogP contribution in [-0.2, 0) is 20.0 Å². The molecule has 0 aromatic carbocycles. The molecule has 25 heavy (non-hydrogen) atoms. The van der Waals surface area contributed by atoms with Crippen molar-refractivity contribution < 1.29 is 17.9 Å². The molecule has 0 atom stereocenters. The standard InChI is InChI=1S/C15H17F2N5O3/c1-9-7-10(25-19-9)5-3-4-6-21-13(23)11-12(20(2)15(21)24)22(8-18-11)14(16)17/h7-8,14H,3-6H2,1-2H3/p+1. The summed E-state index contributed by atoms with van der Waals surface area (Å²) < 4.78 is 33.8. The molecule has 134 valence electrons. The fourth-order valence-corrected chi connectivity index (χ4v) is 2.83. The van der Waals surface area contributed by atoms with E-state index in [9.17, 15) is 18.4 Å². The van der Waals surface area contributed by atoms with E-state index in [0.717, 1.165) is 26.9 Å². The minimum atomic E-state index is -2.85. The maximum atomic E-state index is 13.0. The van der Waals surface area contributed by atoms with Crippen molar-refractivity contribution in [3.8, 4) is 0 Å². The summed E-state index contributed by atoms with van der Waals surface area (Å²) in [6, 6.07) is 1.83. The van der Waals surface area contributed by atoms with Crippen LogP contribution in [0, 0.1) is 6.92 Å². The number of aromatic amines is 1. The molecule has 3 rings (SSSR count). The van der Waals surface area contributed by atoms with Gasteiger partial charge in [-0.25, -0.2) is 13.9 Å². The van der Waals surface area contributed by atoms with Crippen LogP contribution in [0.3, 0.4) is 0 Å². The predicted molar refractivity (Wildman–Crippen MR) is 83.4 cm³/mol. The predicted octanol–water partition coefficient (Wildman–Crippen LogP) is 1.03. The summed E-state index contributed by atoms with van der Waals surface area (Å²) in [7, 11) is 1.37. The average Bonchev–Trinajstić information content (AvgIpc) is 3.18. The van der Waals surface area contributed by atoms with Gasteiger partial charge in [0, 0.05) is 19.0 Å². The molecule has 0 aliphatic heterocycles. The van der Waals surface area contributed by atoms with Crippen LogP contribution in [0.2, 0.25) is 0 Å². The lowest BCUT2D eigenvalue weighted by molar-refractivity contribution is -0.753. The van der Waals surface area contributed by atoms with Crippen molar-refractivity contribution in [2.24, 2.45) is 7.05 Å². The largest absolute Gasteiger partial charge is 0.389 e. The van der Waals surface area contributed by atoms with Crippen molar-refractivity contribution in [2.75, 3.05) is 0 Å². The van der Waals surface area contributed by atoms with Gasteiger partial charge in [0.15, 0.2) is 6.33 Å².